The van der Waals surface area contributed by atoms with E-state index in [-0.39, 0.29) is 26.4 Å². The number of carbonyl (C=O) groups is 2. The zero-order valence-electron chi connectivity index (χ0n) is 13.6. The average Bonchev–Trinajstić information content (AvgIpc) is 2.52. The van der Waals surface area contributed by atoms with Crippen LogP contribution in [-0.2, 0) is 28.4 Å². The van der Waals surface area contributed by atoms with Crippen LogP contribution in [0.25, 0.3) is 0 Å². The number of hydrogen-bond acceptors (Lipinski definition) is 8. The third-order valence-corrected chi connectivity index (χ3v) is 3.79. The van der Waals surface area contributed by atoms with Crippen LogP contribution in [-0.4, -0.2) is 50.3 Å². The lowest BCUT2D eigenvalue weighted by molar-refractivity contribution is -0.371. The largest absolute Gasteiger partial charge is 0.511 e. The Hall–Kier alpha value is -1.54. The van der Waals surface area contributed by atoms with Crippen LogP contribution < -0.4 is 0 Å². The van der Waals surface area contributed by atoms with Crippen molar-refractivity contribution in [2.24, 2.45) is 0 Å². The van der Waals surface area contributed by atoms with E-state index in [9.17, 15) is 9.59 Å². The number of ether oxygens (including phenoxy) is 6. The van der Waals surface area contributed by atoms with E-state index in [4.69, 9.17) is 28.4 Å². The summed E-state index contributed by atoms with van der Waals surface area (Å²) in [5, 5.41) is 0. The van der Waals surface area contributed by atoms with Gasteiger partial charge in [0.05, 0.1) is 13.2 Å². The maximum atomic E-state index is 11.6. The molecule has 23 heavy (non-hydrogen) atoms. The molecule has 1 saturated heterocycles. The highest BCUT2D eigenvalue weighted by Crippen LogP contribution is 2.38. The Kier molecular flexibility index (Phi) is 6.06. The van der Waals surface area contributed by atoms with E-state index in [1.807, 2.05) is 0 Å². The van der Waals surface area contributed by atoms with Crippen LogP contribution in [0.2, 0.25) is 0 Å². The molecule has 0 N–H and O–H groups in total. The molecule has 1 spiro atoms. The minimum atomic E-state index is -1.69. The molecule has 0 atom stereocenters. The highest BCUT2D eigenvalue weighted by molar-refractivity contribution is 5.63. The van der Waals surface area contributed by atoms with Gasteiger partial charge in [-0.15, -0.1) is 0 Å². The fraction of sp³-hybridized carbons (Fsp3) is 0.867. The highest BCUT2D eigenvalue weighted by atomic mass is 16.9. The number of carbonyl (C=O) groups excluding carboxylic acids is 2. The van der Waals surface area contributed by atoms with E-state index in [1.165, 1.54) is 0 Å². The first-order chi connectivity index (χ1) is 11.0. The van der Waals surface area contributed by atoms with Crippen LogP contribution in [0.3, 0.4) is 0 Å². The predicted octanol–water partition coefficient (Wildman–Crippen LogP) is 2.74. The van der Waals surface area contributed by atoms with Gasteiger partial charge in [-0.2, -0.15) is 0 Å². The van der Waals surface area contributed by atoms with Crippen molar-refractivity contribution in [1.29, 1.82) is 0 Å². The van der Waals surface area contributed by atoms with Crippen LogP contribution in [0.1, 0.15) is 46.0 Å². The molecule has 0 aromatic heterocycles. The van der Waals surface area contributed by atoms with Crippen molar-refractivity contribution >= 4 is 12.3 Å². The fourth-order valence-corrected chi connectivity index (χ4v) is 2.68. The Morgan fingerprint density at radius 2 is 1.35 bits per heavy atom. The Bertz CT molecular complexity index is 384. The Balaban J connectivity index is 2.02. The third kappa shape index (κ3) is 4.71. The lowest BCUT2D eigenvalue weighted by atomic mass is 9.93. The second-order valence-electron chi connectivity index (χ2n) is 5.53. The maximum absolute atomic E-state index is 11.6. The zero-order valence-corrected chi connectivity index (χ0v) is 13.6. The summed E-state index contributed by atoms with van der Waals surface area (Å²) in [5.74, 6) is -2.38. The van der Waals surface area contributed by atoms with E-state index in [2.05, 4.69) is 0 Å². The molecule has 0 aromatic carbocycles. The van der Waals surface area contributed by atoms with Gasteiger partial charge in [0.2, 0.25) is 0 Å². The molecule has 2 rings (SSSR count). The standard InChI is InChI=1S/C15H24O8/c1-3-18-12(16)22-15(23-13(17)19-4-2)10-20-14(21-11-15)8-6-5-7-9-14/h3-11H2,1-2H3. The van der Waals surface area contributed by atoms with E-state index in [1.54, 1.807) is 13.8 Å². The van der Waals surface area contributed by atoms with Gasteiger partial charge in [0.25, 0.3) is 0 Å². The monoisotopic (exact) mass is 332 g/mol. The second-order valence-corrected chi connectivity index (χ2v) is 5.53. The average molecular weight is 332 g/mol. The van der Waals surface area contributed by atoms with Crippen molar-refractivity contribution in [3.8, 4) is 0 Å². The first-order valence-corrected chi connectivity index (χ1v) is 8.02. The van der Waals surface area contributed by atoms with Gasteiger partial charge in [-0.3, -0.25) is 0 Å². The Morgan fingerprint density at radius 1 is 0.870 bits per heavy atom. The highest BCUT2D eigenvalue weighted by Gasteiger charge is 2.51. The van der Waals surface area contributed by atoms with Crippen molar-refractivity contribution in [3.05, 3.63) is 0 Å². The minimum absolute atomic E-state index is 0.120. The molecule has 8 heteroatoms. The van der Waals surface area contributed by atoms with Crippen molar-refractivity contribution in [1.82, 2.24) is 0 Å². The van der Waals surface area contributed by atoms with Crippen molar-refractivity contribution in [2.45, 2.75) is 57.5 Å². The fourth-order valence-electron chi connectivity index (χ4n) is 2.68. The molecule has 0 bridgehead atoms. The van der Waals surface area contributed by atoms with Crippen molar-refractivity contribution in [3.63, 3.8) is 0 Å². The molecular weight excluding hydrogens is 308 g/mol. The number of rotatable bonds is 4. The topological polar surface area (TPSA) is 89.5 Å². The van der Waals surface area contributed by atoms with Crippen LogP contribution >= 0.6 is 0 Å². The zero-order chi connectivity index (χ0) is 16.8. The molecule has 2 fully saturated rings. The molecule has 2 aliphatic rings. The smallest absolute Gasteiger partial charge is 0.434 e. The molecule has 0 amide bonds. The van der Waals surface area contributed by atoms with Gasteiger partial charge in [-0.25, -0.2) is 9.59 Å². The molecule has 1 saturated carbocycles. The molecule has 0 unspecified atom stereocenters. The SMILES string of the molecule is CCOC(=O)OC1(OC(=O)OCC)COC2(CCCCC2)OC1. The second kappa shape index (κ2) is 7.83. The first kappa shape index (κ1) is 17.8. The maximum Gasteiger partial charge on any atom is 0.511 e. The molecule has 0 aromatic rings. The molecule has 0 radical (unpaired) electrons. The lowest BCUT2D eigenvalue weighted by Gasteiger charge is -2.45. The van der Waals surface area contributed by atoms with E-state index >= 15 is 0 Å². The molecule has 1 aliphatic heterocycles. The van der Waals surface area contributed by atoms with Gasteiger partial charge in [0.15, 0.2) is 5.79 Å². The van der Waals surface area contributed by atoms with Gasteiger partial charge in [-0.05, 0) is 26.7 Å². The molecule has 1 aliphatic carbocycles. The van der Waals surface area contributed by atoms with Crippen molar-refractivity contribution in [2.75, 3.05) is 26.4 Å². The van der Waals surface area contributed by atoms with Gasteiger partial charge < -0.3 is 28.4 Å². The molecular formula is C15H24O8. The summed E-state index contributed by atoms with van der Waals surface area (Å²) in [6.45, 7) is 3.32. The van der Waals surface area contributed by atoms with Crippen LogP contribution in [0.4, 0.5) is 9.59 Å². The van der Waals surface area contributed by atoms with Crippen LogP contribution in [0.15, 0.2) is 0 Å². The number of hydrogen-bond donors (Lipinski definition) is 0. The van der Waals surface area contributed by atoms with E-state index in [0.29, 0.717) is 0 Å². The summed E-state index contributed by atoms with van der Waals surface area (Å²) in [7, 11) is 0. The lowest BCUT2D eigenvalue weighted by Crippen LogP contribution is -2.58. The van der Waals surface area contributed by atoms with E-state index in [0.717, 1.165) is 32.1 Å². The van der Waals surface area contributed by atoms with Crippen LogP contribution in [0, 0.1) is 0 Å². The summed E-state index contributed by atoms with van der Waals surface area (Å²) in [4.78, 5) is 23.3. The molecule has 1 heterocycles. The predicted molar refractivity (Wildman–Crippen MR) is 76.7 cm³/mol. The van der Waals surface area contributed by atoms with Crippen molar-refractivity contribution < 1.29 is 38.0 Å². The normalized spacial score (nSPS) is 22.2. The van der Waals surface area contributed by atoms with Crippen LogP contribution in [0.5, 0.6) is 0 Å². The quantitative estimate of drug-likeness (QED) is 0.573. The third-order valence-electron chi connectivity index (χ3n) is 3.79. The van der Waals surface area contributed by atoms with Gasteiger partial charge >= 0.3 is 18.1 Å². The first-order valence-electron chi connectivity index (χ1n) is 8.02. The molecule has 8 nitrogen and oxygen atoms in total. The summed E-state index contributed by atoms with van der Waals surface area (Å²) in [6, 6.07) is 0. The van der Waals surface area contributed by atoms with Gasteiger partial charge in [0.1, 0.15) is 13.2 Å². The minimum Gasteiger partial charge on any atom is -0.434 e. The van der Waals surface area contributed by atoms with Gasteiger partial charge in [-0.1, -0.05) is 6.42 Å². The summed E-state index contributed by atoms with van der Waals surface area (Å²) < 4.78 is 31.3. The van der Waals surface area contributed by atoms with E-state index < -0.39 is 23.9 Å². The summed E-state index contributed by atoms with van der Waals surface area (Å²) in [5.41, 5.74) is 0. The Morgan fingerprint density at radius 3 is 1.78 bits per heavy atom. The summed E-state index contributed by atoms with van der Waals surface area (Å²) in [6.07, 6.45) is 2.77. The summed E-state index contributed by atoms with van der Waals surface area (Å²) >= 11 is 0. The Labute approximate surface area is 135 Å². The molecule has 132 valence electrons. The van der Waals surface area contributed by atoms with Gasteiger partial charge in [0, 0.05) is 12.8 Å².